The van der Waals surface area contributed by atoms with Crippen LogP contribution < -0.4 is 4.90 Å². The van der Waals surface area contributed by atoms with Crippen molar-refractivity contribution in [2.45, 2.75) is 19.8 Å². The zero-order chi connectivity index (χ0) is 13.1. The molecule has 1 aromatic heterocycles. The smallest absolute Gasteiger partial charge is 0.203 e. The Labute approximate surface area is 114 Å². The molecule has 19 heavy (non-hydrogen) atoms. The normalized spacial score (nSPS) is 17.2. The molecule has 0 bridgehead atoms. The Morgan fingerprint density at radius 1 is 1.16 bits per heavy atom. The zero-order valence-corrected chi connectivity index (χ0v) is 11.6. The van der Waals surface area contributed by atoms with Gasteiger partial charge in [0.1, 0.15) is 0 Å². The first kappa shape index (κ1) is 12.5. The lowest BCUT2D eigenvalue weighted by atomic mass is 10.2. The van der Waals surface area contributed by atoms with E-state index in [2.05, 4.69) is 38.8 Å². The molecule has 3 rings (SSSR count). The van der Waals surface area contributed by atoms with E-state index in [0.717, 1.165) is 43.2 Å². The Bertz CT molecular complexity index is 493. The van der Waals surface area contributed by atoms with Crippen LogP contribution in [0.4, 0.5) is 5.95 Å². The molecule has 0 saturated carbocycles. The summed E-state index contributed by atoms with van der Waals surface area (Å²) in [6, 6.07) is 8.23. The summed E-state index contributed by atoms with van der Waals surface area (Å²) in [5, 5.41) is 0. The maximum Gasteiger partial charge on any atom is 0.203 e. The molecule has 1 saturated heterocycles. The average molecular weight is 258 g/mol. The Balaban J connectivity index is 1.64. The molecule has 1 N–H and O–H groups in total. The predicted octanol–water partition coefficient (Wildman–Crippen LogP) is 2.49. The maximum atomic E-state index is 4.68. The number of hydrogen-bond acceptors (Lipinski definition) is 3. The van der Waals surface area contributed by atoms with E-state index in [4.69, 9.17) is 0 Å². The van der Waals surface area contributed by atoms with E-state index in [1.54, 1.807) is 0 Å². The van der Waals surface area contributed by atoms with Crippen molar-refractivity contribution < 1.29 is 0 Å². The van der Waals surface area contributed by atoms with Crippen LogP contribution in [0.15, 0.2) is 24.3 Å². The Morgan fingerprint density at radius 3 is 2.68 bits per heavy atom. The topological polar surface area (TPSA) is 35.2 Å². The fraction of sp³-hybridized carbons (Fsp3) is 0.533. The third-order valence-electron chi connectivity index (χ3n) is 3.88. The lowest BCUT2D eigenvalue weighted by Crippen LogP contribution is -2.47. The summed E-state index contributed by atoms with van der Waals surface area (Å²) in [4.78, 5) is 13.0. The van der Waals surface area contributed by atoms with Crippen molar-refractivity contribution >= 4 is 17.0 Å². The van der Waals surface area contributed by atoms with Gasteiger partial charge in [0, 0.05) is 26.2 Å². The minimum absolute atomic E-state index is 1.02. The molecule has 102 valence electrons. The SMILES string of the molecule is CCCCN1CCN(c2nc3ccccc3[nH]2)CC1. The van der Waals surface area contributed by atoms with Gasteiger partial charge < -0.3 is 9.88 Å². The molecule has 1 aliphatic rings. The summed E-state index contributed by atoms with van der Waals surface area (Å²) in [5.41, 5.74) is 2.19. The quantitative estimate of drug-likeness (QED) is 0.915. The first-order chi connectivity index (χ1) is 9.36. The number of unbranched alkanes of at least 4 members (excludes halogenated alkanes) is 1. The predicted molar refractivity (Wildman–Crippen MR) is 79.7 cm³/mol. The number of aromatic amines is 1. The second-order valence-electron chi connectivity index (χ2n) is 5.26. The molecule has 1 fully saturated rings. The highest BCUT2D eigenvalue weighted by Gasteiger charge is 2.18. The minimum atomic E-state index is 1.02. The fourth-order valence-electron chi connectivity index (χ4n) is 2.65. The van der Waals surface area contributed by atoms with Crippen molar-refractivity contribution in [3.05, 3.63) is 24.3 Å². The number of para-hydroxylation sites is 2. The van der Waals surface area contributed by atoms with Crippen molar-refractivity contribution in [3.63, 3.8) is 0 Å². The molecule has 0 radical (unpaired) electrons. The van der Waals surface area contributed by atoms with Crippen molar-refractivity contribution in [1.82, 2.24) is 14.9 Å². The minimum Gasteiger partial charge on any atom is -0.340 e. The van der Waals surface area contributed by atoms with E-state index in [1.807, 2.05) is 12.1 Å². The summed E-state index contributed by atoms with van der Waals surface area (Å²) < 4.78 is 0. The summed E-state index contributed by atoms with van der Waals surface area (Å²) in [6.45, 7) is 7.94. The van der Waals surface area contributed by atoms with Gasteiger partial charge in [-0.3, -0.25) is 4.90 Å². The van der Waals surface area contributed by atoms with Crippen molar-refractivity contribution in [1.29, 1.82) is 0 Å². The second kappa shape index (κ2) is 5.61. The maximum absolute atomic E-state index is 4.68. The van der Waals surface area contributed by atoms with Gasteiger partial charge in [0.05, 0.1) is 11.0 Å². The summed E-state index contributed by atoms with van der Waals surface area (Å²) in [6.07, 6.45) is 2.59. The van der Waals surface area contributed by atoms with Gasteiger partial charge >= 0.3 is 0 Å². The molecule has 1 aliphatic heterocycles. The lowest BCUT2D eigenvalue weighted by molar-refractivity contribution is 0.253. The van der Waals surface area contributed by atoms with Crippen molar-refractivity contribution in [3.8, 4) is 0 Å². The van der Waals surface area contributed by atoms with Gasteiger partial charge in [-0.2, -0.15) is 0 Å². The van der Waals surface area contributed by atoms with Gasteiger partial charge in [-0.05, 0) is 25.1 Å². The molecule has 0 unspecified atom stereocenters. The van der Waals surface area contributed by atoms with E-state index >= 15 is 0 Å². The first-order valence-electron chi connectivity index (χ1n) is 7.29. The number of rotatable bonds is 4. The van der Waals surface area contributed by atoms with Crippen LogP contribution in [0.1, 0.15) is 19.8 Å². The number of benzene rings is 1. The van der Waals surface area contributed by atoms with Gasteiger partial charge in [-0.1, -0.05) is 25.5 Å². The van der Waals surface area contributed by atoms with Crippen LogP contribution in [0.2, 0.25) is 0 Å². The molecular formula is C15H22N4. The third kappa shape index (κ3) is 2.73. The molecule has 0 atom stereocenters. The molecule has 0 aliphatic carbocycles. The number of hydrogen-bond donors (Lipinski definition) is 1. The van der Waals surface area contributed by atoms with E-state index < -0.39 is 0 Å². The number of H-pyrrole nitrogens is 1. The second-order valence-corrected chi connectivity index (χ2v) is 5.26. The molecular weight excluding hydrogens is 236 g/mol. The molecule has 2 heterocycles. The van der Waals surface area contributed by atoms with Crippen LogP contribution in [0.25, 0.3) is 11.0 Å². The highest BCUT2D eigenvalue weighted by atomic mass is 15.3. The third-order valence-corrected chi connectivity index (χ3v) is 3.88. The van der Waals surface area contributed by atoms with Gasteiger partial charge in [0.15, 0.2) is 0 Å². The number of nitrogens with zero attached hydrogens (tertiary/aromatic N) is 3. The highest BCUT2D eigenvalue weighted by Crippen LogP contribution is 2.18. The van der Waals surface area contributed by atoms with Gasteiger partial charge in [0.25, 0.3) is 0 Å². The standard InChI is InChI=1S/C15H22N4/c1-2-3-8-18-9-11-19(12-10-18)15-16-13-6-4-5-7-14(13)17-15/h4-7H,2-3,8-12H2,1H3,(H,16,17). The molecule has 4 nitrogen and oxygen atoms in total. The van der Waals surface area contributed by atoms with Crippen LogP contribution in [0, 0.1) is 0 Å². The van der Waals surface area contributed by atoms with E-state index in [0.29, 0.717) is 0 Å². The first-order valence-corrected chi connectivity index (χ1v) is 7.29. The van der Waals surface area contributed by atoms with Crippen LogP contribution in [0.5, 0.6) is 0 Å². The van der Waals surface area contributed by atoms with Crippen LogP contribution in [-0.2, 0) is 0 Å². The summed E-state index contributed by atoms with van der Waals surface area (Å²) >= 11 is 0. The average Bonchev–Trinajstić information content (AvgIpc) is 2.89. The van der Waals surface area contributed by atoms with E-state index in [9.17, 15) is 0 Å². The lowest BCUT2D eigenvalue weighted by Gasteiger charge is -2.34. The Hall–Kier alpha value is -1.55. The largest absolute Gasteiger partial charge is 0.340 e. The zero-order valence-electron chi connectivity index (χ0n) is 11.6. The number of anilines is 1. The Kier molecular flexibility index (Phi) is 3.69. The van der Waals surface area contributed by atoms with E-state index in [-0.39, 0.29) is 0 Å². The summed E-state index contributed by atoms with van der Waals surface area (Å²) in [7, 11) is 0. The van der Waals surface area contributed by atoms with Crippen LogP contribution in [0.3, 0.4) is 0 Å². The monoisotopic (exact) mass is 258 g/mol. The number of piperazine rings is 1. The molecule has 0 amide bonds. The number of aromatic nitrogens is 2. The Morgan fingerprint density at radius 2 is 1.95 bits per heavy atom. The van der Waals surface area contributed by atoms with E-state index in [1.165, 1.54) is 19.4 Å². The number of fused-ring (bicyclic) bond motifs is 1. The fourth-order valence-corrected chi connectivity index (χ4v) is 2.65. The van der Waals surface area contributed by atoms with Crippen LogP contribution in [-0.4, -0.2) is 47.6 Å². The number of nitrogens with one attached hydrogen (secondary N) is 1. The molecule has 4 heteroatoms. The number of imidazole rings is 1. The highest BCUT2D eigenvalue weighted by molar-refractivity contribution is 5.77. The van der Waals surface area contributed by atoms with Gasteiger partial charge in [-0.15, -0.1) is 0 Å². The van der Waals surface area contributed by atoms with Crippen molar-refractivity contribution in [2.24, 2.45) is 0 Å². The van der Waals surface area contributed by atoms with Crippen LogP contribution >= 0.6 is 0 Å². The van der Waals surface area contributed by atoms with Gasteiger partial charge in [-0.25, -0.2) is 4.98 Å². The summed E-state index contributed by atoms with van der Waals surface area (Å²) in [5.74, 6) is 1.02. The van der Waals surface area contributed by atoms with Crippen molar-refractivity contribution in [2.75, 3.05) is 37.6 Å². The molecule has 1 aromatic carbocycles. The molecule has 0 spiro atoms. The molecule has 2 aromatic rings. The van der Waals surface area contributed by atoms with Gasteiger partial charge in [0.2, 0.25) is 5.95 Å².